The number of hydrogen-bond donors (Lipinski definition) is 0. The molecule has 0 atom stereocenters. The largest absolute Gasteiger partial charge is 0.224 e. The maximum atomic E-state index is 13.2. The molecule has 0 radical (unpaired) electrons. The number of aromatic nitrogens is 2. The first kappa shape index (κ1) is 12.8. The van der Waals surface area contributed by atoms with Gasteiger partial charge in [0.1, 0.15) is 9.86 Å². The van der Waals surface area contributed by atoms with Crippen LogP contribution in [0.1, 0.15) is 0 Å². The van der Waals surface area contributed by atoms with Gasteiger partial charge in [0.15, 0.2) is 11.6 Å². The summed E-state index contributed by atoms with van der Waals surface area (Å²) in [6.45, 7) is 0. The lowest BCUT2D eigenvalue weighted by Gasteiger charge is -2.03. The molecule has 96 valence electrons. The lowest BCUT2D eigenvalue weighted by molar-refractivity contribution is 0.506. The SMILES string of the molecule is Fc1ccc(Sc2nc(Cl)nc3sccc23)cc1F. The molecule has 0 bridgehead atoms. The van der Waals surface area contributed by atoms with E-state index in [9.17, 15) is 8.78 Å². The molecule has 0 amide bonds. The molecule has 3 rings (SSSR count). The minimum atomic E-state index is -0.883. The molecule has 0 aliphatic carbocycles. The van der Waals surface area contributed by atoms with Crippen molar-refractivity contribution >= 4 is 44.9 Å². The van der Waals surface area contributed by atoms with Gasteiger partial charge in [-0.05, 0) is 41.2 Å². The van der Waals surface area contributed by atoms with Gasteiger partial charge in [-0.1, -0.05) is 11.8 Å². The molecule has 0 spiro atoms. The molecule has 2 nitrogen and oxygen atoms in total. The summed E-state index contributed by atoms with van der Waals surface area (Å²) in [5.41, 5.74) is 0. The summed E-state index contributed by atoms with van der Waals surface area (Å²) >= 11 is 8.51. The summed E-state index contributed by atoms with van der Waals surface area (Å²) in [6.07, 6.45) is 0. The third-order valence-electron chi connectivity index (χ3n) is 2.37. The summed E-state index contributed by atoms with van der Waals surface area (Å²) < 4.78 is 26.0. The minimum Gasteiger partial charge on any atom is -0.210 e. The molecule has 2 heterocycles. The summed E-state index contributed by atoms with van der Waals surface area (Å²) in [6, 6.07) is 5.59. The van der Waals surface area contributed by atoms with Gasteiger partial charge in [0, 0.05) is 10.3 Å². The fourth-order valence-electron chi connectivity index (χ4n) is 1.53. The summed E-state index contributed by atoms with van der Waals surface area (Å²) in [5, 5.41) is 3.50. The van der Waals surface area contributed by atoms with Gasteiger partial charge in [-0.3, -0.25) is 0 Å². The molecular weight excluding hydrogens is 310 g/mol. The molecule has 0 unspecified atom stereocenters. The monoisotopic (exact) mass is 314 g/mol. The molecule has 0 saturated heterocycles. The molecule has 0 saturated carbocycles. The van der Waals surface area contributed by atoms with E-state index in [1.807, 2.05) is 11.4 Å². The lowest BCUT2D eigenvalue weighted by Crippen LogP contribution is -1.88. The highest BCUT2D eigenvalue weighted by molar-refractivity contribution is 7.99. The van der Waals surface area contributed by atoms with Crippen molar-refractivity contribution in [3.63, 3.8) is 0 Å². The highest BCUT2D eigenvalue weighted by Crippen LogP contribution is 2.34. The second kappa shape index (κ2) is 5.03. The zero-order valence-electron chi connectivity index (χ0n) is 9.23. The summed E-state index contributed by atoms with van der Waals surface area (Å²) in [7, 11) is 0. The molecule has 1 aromatic carbocycles. The highest BCUT2D eigenvalue weighted by Gasteiger charge is 2.11. The Balaban J connectivity index is 2.04. The topological polar surface area (TPSA) is 25.8 Å². The normalized spacial score (nSPS) is 11.1. The lowest BCUT2D eigenvalue weighted by atomic mass is 10.3. The van der Waals surface area contributed by atoms with Gasteiger partial charge < -0.3 is 0 Å². The summed E-state index contributed by atoms with van der Waals surface area (Å²) in [5.74, 6) is -1.75. The first-order valence-electron chi connectivity index (χ1n) is 5.17. The Morgan fingerprint density at radius 2 is 1.95 bits per heavy atom. The quantitative estimate of drug-likeness (QED) is 0.503. The number of hydrogen-bond acceptors (Lipinski definition) is 4. The molecule has 0 N–H and O–H groups in total. The Kier molecular flexibility index (Phi) is 3.38. The van der Waals surface area contributed by atoms with E-state index in [-0.39, 0.29) is 5.28 Å². The number of thiophene rings is 1. The molecule has 0 fully saturated rings. The molecule has 0 aliphatic heterocycles. The first-order valence-corrected chi connectivity index (χ1v) is 7.24. The molecule has 2 aromatic heterocycles. The van der Waals surface area contributed by atoms with Gasteiger partial charge in [0.2, 0.25) is 5.28 Å². The predicted octanol–water partition coefficient (Wildman–Crippen LogP) is 4.77. The third kappa shape index (κ3) is 2.56. The van der Waals surface area contributed by atoms with Crippen molar-refractivity contribution in [1.29, 1.82) is 0 Å². The average molecular weight is 315 g/mol. The smallest absolute Gasteiger partial charge is 0.210 e. The van der Waals surface area contributed by atoms with Crippen LogP contribution in [0.15, 0.2) is 39.6 Å². The maximum Gasteiger partial charge on any atom is 0.224 e. The van der Waals surface area contributed by atoms with Crippen LogP contribution in [-0.4, -0.2) is 9.97 Å². The number of rotatable bonds is 2. The zero-order valence-corrected chi connectivity index (χ0v) is 11.6. The van der Waals surface area contributed by atoms with E-state index in [4.69, 9.17) is 11.6 Å². The van der Waals surface area contributed by atoms with Crippen LogP contribution in [0.5, 0.6) is 0 Å². The molecular formula is C12H5ClF2N2S2. The summed E-state index contributed by atoms with van der Waals surface area (Å²) in [4.78, 5) is 9.55. The Morgan fingerprint density at radius 3 is 2.74 bits per heavy atom. The van der Waals surface area contributed by atoms with Crippen molar-refractivity contribution in [2.75, 3.05) is 0 Å². The van der Waals surface area contributed by atoms with Crippen LogP contribution in [0.25, 0.3) is 10.2 Å². The predicted molar refractivity (Wildman–Crippen MR) is 72.9 cm³/mol. The molecule has 3 aromatic rings. The number of halogens is 3. The van der Waals surface area contributed by atoms with Crippen LogP contribution in [0.2, 0.25) is 5.28 Å². The molecule has 7 heteroatoms. The van der Waals surface area contributed by atoms with Gasteiger partial charge in [-0.15, -0.1) is 11.3 Å². The van der Waals surface area contributed by atoms with Crippen molar-refractivity contribution in [1.82, 2.24) is 9.97 Å². The maximum absolute atomic E-state index is 13.2. The van der Waals surface area contributed by atoms with Gasteiger partial charge in [-0.25, -0.2) is 18.7 Å². The first-order chi connectivity index (χ1) is 9.13. The van der Waals surface area contributed by atoms with E-state index >= 15 is 0 Å². The zero-order chi connectivity index (χ0) is 13.4. The van der Waals surface area contributed by atoms with E-state index in [1.165, 1.54) is 29.2 Å². The van der Waals surface area contributed by atoms with Crippen molar-refractivity contribution in [2.45, 2.75) is 9.92 Å². The van der Waals surface area contributed by atoms with Gasteiger partial charge >= 0.3 is 0 Å². The van der Waals surface area contributed by atoms with Crippen LogP contribution in [0, 0.1) is 11.6 Å². The Bertz CT molecular complexity index is 761. The van der Waals surface area contributed by atoms with E-state index in [0.29, 0.717) is 9.92 Å². The van der Waals surface area contributed by atoms with Gasteiger partial charge in [0.05, 0.1) is 0 Å². The van der Waals surface area contributed by atoms with Crippen LogP contribution in [0.3, 0.4) is 0 Å². The minimum absolute atomic E-state index is 0.139. The van der Waals surface area contributed by atoms with E-state index < -0.39 is 11.6 Å². The van der Waals surface area contributed by atoms with Crippen LogP contribution in [0.4, 0.5) is 8.78 Å². The van der Waals surface area contributed by atoms with Crippen molar-refractivity contribution in [2.24, 2.45) is 0 Å². The Morgan fingerprint density at radius 1 is 1.11 bits per heavy atom. The van der Waals surface area contributed by atoms with Crippen LogP contribution >= 0.6 is 34.7 Å². The number of fused-ring (bicyclic) bond motifs is 1. The molecule has 0 aliphatic rings. The van der Waals surface area contributed by atoms with Crippen molar-refractivity contribution in [3.8, 4) is 0 Å². The Labute approximate surface area is 120 Å². The Hall–Kier alpha value is -1.24. The average Bonchev–Trinajstić information content (AvgIpc) is 2.82. The van der Waals surface area contributed by atoms with E-state index in [0.717, 1.165) is 22.3 Å². The fourth-order valence-corrected chi connectivity index (χ4v) is 3.56. The standard InChI is InChI=1S/C12H5ClF2N2S2/c13-12-16-10-7(3-4-18-10)11(17-12)19-6-1-2-8(14)9(15)5-6/h1-5H. The van der Waals surface area contributed by atoms with Crippen molar-refractivity contribution < 1.29 is 8.78 Å². The number of nitrogens with zero attached hydrogens (tertiary/aromatic N) is 2. The highest BCUT2D eigenvalue weighted by atomic mass is 35.5. The second-order valence-electron chi connectivity index (χ2n) is 3.62. The van der Waals surface area contributed by atoms with Crippen molar-refractivity contribution in [3.05, 3.63) is 46.6 Å². The van der Waals surface area contributed by atoms with E-state index in [1.54, 1.807) is 0 Å². The van der Waals surface area contributed by atoms with Gasteiger partial charge in [-0.2, -0.15) is 0 Å². The fraction of sp³-hybridized carbons (Fsp3) is 0. The number of benzene rings is 1. The third-order valence-corrected chi connectivity index (χ3v) is 4.34. The molecule has 19 heavy (non-hydrogen) atoms. The van der Waals surface area contributed by atoms with Crippen LogP contribution < -0.4 is 0 Å². The van der Waals surface area contributed by atoms with Gasteiger partial charge in [0.25, 0.3) is 0 Å². The second-order valence-corrected chi connectivity index (χ2v) is 5.91. The van der Waals surface area contributed by atoms with E-state index in [2.05, 4.69) is 9.97 Å². The van der Waals surface area contributed by atoms with Crippen LogP contribution in [-0.2, 0) is 0 Å².